The molecular weight excluding hydrogens is 420 g/mol. The lowest BCUT2D eigenvalue weighted by atomic mass is 10.1. The number of imide groups is 1. The topological polar surface area (TPSA) is 133 Å². The molecule has 1 aliphatic rings. The zero-order chi connectivity index (χ0) is 22.1. The van der Waals surface area contributed by atoms with E-state index in [0.29, 0.717) is 16.3 Å². The second kappa shape index (κ2) is 8.07. The Kier molecular flexibility index (Phi) is 5.30. The molecule has 1 aromatic carbocycles. The van der Waals surface area contributed by atoms with Crippen molar-refractivity contribution in [1.29, 1.82) is 0 Å². The quantitative estimate of drug-likeness (QED) is 0.458. The van der Waals surface area contributed by atoms with Gasteiger partial charge < -0.3 is 10.5 Å². The Morgan fingerprint density at radius 3 is 2.74 bits per heavy atom. The molecule has 156 valence electrons. The first-order valence-electron chi connectivity index (χ1n) is 9.21. The maximum atomic E-state index is 12.6. The predicted molar refractivity (Wildman–Crippen MR) is 113 cm³/mol. The van der Waals surface area contributed by atoms with E-state index in [0.717, 1.165) is 11.0 Å². The summed E-state index contributed by atoms with van der Waals surface area (Å²) in [6, 6.07) is 11.1. The van der Waals surface area contributed by atoms with Crippen molar-refractivity contribution in [2.75, 3.05) is 12.3 Å². The number of nitrogens with two attached hydrogens (primary N) is 1. The summed E-state index contributed by atoms with van der Waals surface area (Å²) >= 11 is 1.28. The molecule has 0 saturated carbocycles. The monoisotopic (exact) mass is 436 g/mol. The molecular formula is C21H16N4O5S. The number of ether oxygens (including phenoxy) is 1. The molecule has 3 heterocycles. The van der Waals surface area contributed by atoms with E-state index < -0.39 is 23.3 Å². The minimum Gasteiger partial charge on any atom is -0.462 e. The number of hydrogen-bond donors (Lipinski definition) is 2. The van der Waals surface area contributed by atoms with Gasteiger partial charge in [-0.2, -0.15) is 0 Å². The number of nitrogens with one attached hydrogen (secondary N) is 1. The van der Waals surface area contributed by atoms with Crippen LogP contribution in [0.15, 0.2) is 63.4 Å². The lowest BCUT2D eigenvalue weighted by Crippen LogP contribution is -2.24. The van der Waals surface area contributed by atoms with Crippen molar-refractivity contribution in [2.45, 2.75) is 16.8 Å². The van der Waals surface area contributed by atoms with Gasteiger partial charge in [0.25, 0.3) is 17.4 Å². The van der Waals surface area contributed by atoms with Crippen LogP contribution in [0.25, 0.3) is 5.69 Å². The number of carbonyl (C=O) groups is 3. The minimum absolute atomic E-state index is 0.0218. The maximum Gasteiger partial charge on any atom is 0.338 e. The first kappa shape index (κ1) is 20.4. The van der Waals surface area contributed by atoms with E-state index in [4.69, 9.17) is 10.5 Å². The average Bonchev–Trinajstić information content (AvgIpc) is 3.02. The molecule has 4 rings (SSSR count). The fourth-order valence-electron chi connectivity index (χ4n) is 3.16. The number of anilines is 1. The van der Waals surface area contributed by atoms with Gasteiger partial charge in [-0.25, -0.2) is 9.78 Å². The summed E-state index contributed by atoms with van der Waals surface area (Å²) in [5.74, 6) is -1.84. The lowest BCUT2D eigenvalue weighted by Gasteiger charge is -2.13. The van der Waals surface area contributed by atoms with Crippen LogP contribution in [0.1, 0.15) is 38.0 Å². The molecule has 2 aromatic heterocycles. The number of aromatic nitrogens is 2. The Morgan fingerprint density at radius 1 is 1.16 bits per heavy atom. The van der Waals surface area contributed by atoms with Crippen LogP contribution in [0.2, 0.25) is 0 Å². The summed E-state index contributed by atoms with van der Waals surface area (Å²) < 4.78 is 6.17. The third-order valence-electron chi connectivity index (χ3n) is 4.50. The predicted octanol–water partition coefficient (Wildman–Crippen LogP) is 2.03. The number of amides is 2. The molecule has 0 spiro atoms. The smallest absolute Gasteiger partial charge is 0.338 e. The molecule has 3 aromatic rings. The van der Waals surface area contributed by atoms with Crippen LogP contribution in [0, 0.1) is 0 Å². The third-order valence-corrected chi connectivity index (χ3v) is 5.42. The van der Waals surface area contributed by atoms with Crippen LogP contribution in [-0.2, 0) is 4.74 Å². The Morgan fingerprint density at radius 2 is 1.97 bits per heavy atom. The maximum absolute atomic E-state index is 12.6. The Hall–Kier alpha value is -3.92. The second-order valence-electron chi connectivity index (χ2n) is 6.48. The van der Waals surface area contributed by atoms with Crippen LogP contribution in [0.5, 0.6) is 0 Å². The number of nitrogens with zero attached hydrogens (tertiary/aromatic N) is 2. The molecule has 3 N–H and O–H groups in total. The molecule has 0 aliphatic carbocycles. The van der Waals surface area contributed by atoms with Crippen LogP contribution >= 0.6 is 11.8 Å². The van der Waals surface area contributed by atoms with Crippen molar-refractivity contribution in [3.63, 3.8) is 0 Å². The second-order valence-corrected chi connectivity index (χ2v) is 7.57. The van der Waals surface area contributed by atoms with Crippen LogP contribution < -0.4 is 16.6 Å². The van der Waals surface area contributed by atoms with Gasteiger partial charge in [0.2, 0.25) is 0 Å². The van der Waals surface area contributed by atoms with E-state index in [-0.39, 0.29) is 23.6 Å². The first-order chi connectivity index (χ1) is 14.9. The molecule has 0 saturated heterocycles. The van der Waals surface area contributed by atoms with E-state index in [9.17, 15) is 19.2 Å². The van der Waals surface area contributed by atoms with Gasteiger partial charge in [0.05, 0.1) is 29.0 Å². The zero-order valence-electron chi connectivity index (χ0n) is 16.2. The van der Waals surface area contributed by atoms with Gasteiger partial charge in [0, 0.05) is 17.2 Å². The standard InChI is InChI=1S/C21H16N4O5S/c1-2-30-21(29)11-6-7-23-15(8-11)31-13-5-3-4-12(9-13)25-16(26)10-14-17(18(25)22)20(28)24-19(14)27/h3-10H,2,22H2,1H3,(H,24,27,28). The summed E-state index contributed by atoms with van der Waals surface area (Å²) in [5.41, 5.74) is 6.29. The fourth-order valence-corrected chi connectivity index (χ4v) is 4.03. The van der Waals surface area contributed by atoms with E-state index in [1.807, 2.05) is 0 Å². The van der Waals surface area contributed by atoms with E-state index >= 15 is 0 Å². The Labute approximate surface area is 180 Å². The van der Waals surface area contributed by atoms with Crippen molar-refractivity contribution in [3.05, 3.63) is 75.7 Å². The summed E-state index contributed by atoms with van der Waals surface area (Å²) in [6.07, 6.45) is 1.51. The van der Waals surface area contributed by atoms with Crippen molar-refractivity contribution >= 4 is 35.4 Å². The SMILES string of the molecule is CCOC(=O)c1ccnc(Sc2cccc(-n3c(N)c4c(cc3=O)C(=O)NC4=O)c2)c1. The summed E-state index contributed by atoms with van der Waals surface area (Å²) in [6.45, 7) is 2.00. The molecule has 0 radical (unpaired) electrons. The molecule has 10 heteroatoms. The number of nitrogen functional groups attached to an aromatic ring is 1. The highest BCUT2D eigenvalue weighted by atomic mass is 32.2. The van der Waals surface area contributed by atoms with Gasteiger partial charge in [-0.3, -0.25) is 24.3 Å². The number of benzene rings is 1. The first-order valence-corrected chi connectivity index (χ1v) is 10.0. The van der Waals surface area contributed by atoms with Gasteiger partial charge in [-0.05, 0) is 37.3 Å². The largest absolute Gasteiger partial charge is 0.462 e. The Bertz CT molecular complexity index is 1300. The Balaban J connectivity index is 1.70. The fraction of sp³-hybridized carbons (Fsp3) is 0.0952. The summed E-state index contributed by atoms with van der Waals surface area (Å²) in [5, 5.41) is 2.69. The van der Waals surface area contributed by atoms with Crippen molar-refractivity contribution in [1.82, 2.24) is 14.9 Å². The van der Waals surface area contributed by atoms with E-state index in [2.05, 4.69) is 10.3 Å². The molecule has 9 nitrogen and oxygen atoms in total. The van der Waals surface area contributed by atoms with Gasteiger partial charge in [-0.15, -0.1) is 0 Å². The number of esters is 1. The molecule has 0 bridgehead atoms. The molecule has 0 fully saturated rings. The highest BCUT2D eigenvalue weighted by Crippen LogP contribution is 2.29. The van der Waals surface area contributed by atoms with Gasteiger partial charge in [-0.1, -0.05) is 17.8 Å². The number of hydrogen-bond acceptors (Lipinski definition) is 8. The highest BCUT2D eigenvalue weighted by Gasteiger charge is 2.31. The van der Waals surface area contributed by atoms with Gasteiger partial charge in [0.1, 0.15) is 10.8 Å². The van der Waals surface area contributed by atoms with E-state index in [1.54, 1.807) is 43.3 Å². The third kappa shape index (κ3) is 3.80. The van der Waals surface area contributed by atoms with E-state index in [1.165, 1.54) is 22.5 Å². The van der Waals surface area contributed by atoms with Gasteiger partial charge in [0.15, 0.2) is 0 Å². The average molecular weight is 436 g/mol. The normalized spacial score (nSPS) is 12.4. The molecule has 0 unspecified atom stereocenters. The van der Waals surface area contributed by atoms with Crippen LogP contribution in [0.3, 0.4) is 0 Å². The van der Waals surface area contributed by atoms with Crippen molar-refractivity contribution < 1.29 is 19.1 Å². The molecule has 31 heavy (non-hydrogen) atoms. The number of carbonyl (C=O) groups excluding carboxylic acids is 3. The molecule has 2 amide bonds. The highest BCUT2D eigenvalue weighted by molar-refractivity contribution is 7.99. The van der Waals surface area contributed by atoms with Crippen LogP contribution in [-0.4, -0.2) is 33.9 Å². The van der Waals surface area contributed by atoms with Crippen molar-refractivity contribution in [2.24, 2.45) is 0 Å². The zero-order valence-corrected chi connectivity index (χ0v) is 17.1. The lowest BCUT2D eigenvalue weighted by molar-refractivity contribution is 0.0525. The van der Waals surface area contributed by atoms with Crippen molar-refractivity contribution in [3.8, 4) is 5.69 Å². The molecule has 0 atom stereocenters. The molecule has 1 aliphatic heterocycles. The number of rotatable bonds is 5. The van der Waals surface area contributed by atoms with Gasteiger partial charge >= 0.3 is 5.97 Å². The number of fused-ring (bicyclic) bond motifs is 1. The summed E-state index contributed by atoms with van der Waals surface area (Å²) in [4.78, 5) is 53.4. The summed E-state index contributed by atoms with van der Waals surface area (Å²) in [7, 11) is 0. The minimum atomic E-state index is -0.646. The number of pyridine rings is 2. The van der Waals surface area contributed by atoms with Crippen LogP contribution in [0.4, 0.5) is 5.82 Å².